The van der Waals surface area contributed by atoms with Crippen molar-refractivity contribution in [2.45, 2.75) is 6.92 Å². The molecule has 0 aliphatic heterocycles. The van der Waals surface area contributed by atoms with E-state index in [-0.39, 0.29) is 5.69 Å². The predicted molar refractivity (Wildman–Crippen MR) is 74.3 cm³/mol. The number of fused-ring (bicyclic) bond motifs is 1. The van der Waals surface area contributed by atoms with Gasteiger partial charge < -0.3 is 14.7 Å². The molecule has 100 valence electrons. The van der Waals surface area contributed by atoms with Gasteiger partial charge in [-0.1, -0.05) is 0 Å². The number of carboxylic acid groups (broad SMARTS) is 1. The van der Waals surface area contributed by atoms with Gasteiger partial charge in [-0.05, 0) is 30.7 Å². The number of pyridine rings is 1. The van der Waals surface area contributed by atoms with Crippen molar-refractivity contribution in [1.82, 2.24) is 4.98 Å². The van der Waals surface area contributed by atoms with Crippen molar-refractivity contribution in [3.8, 4) is 5.75 Å². The number of methoxy groups -OCH3 is 1. The summed E-state index contributed by atoms with van der Waals surface area (Å²) in [5.74, 6) is -0.293. The Morgan fingerprint density at radius 3 is 2.53 bits per heavy atom. The van der Waals surface area contributed by atoms with Crippen molar-refractivity contribution in [3.63, 3.8) is 0 Å². The Bertz CT molecular complexity index is 651. The summed E-state index contributed by atoms with van der Waals surface area (Å²) in [5.41, 5.74) is 2.43. The maximum atomic E-state index is 11.1. The zero-order valence-corrected chi connectivity index (χ0v) is 11.4. The third-order valence-corrected chi connectivity index (χ3v) is 2.99. The quantitative estimate of drug-likeness (QED) is 0.917. The zero-order valence-electron chi connectivity index (χ0n) is 11.4. The van der Waals surface area contributed by atoms with Gasteiger partial charge in [0.1, 0.15) is 5.75 Å². The van der Waals surface area contributed by atoms with E-state index >= 15 is 0 Å². The summed E-state index contributed by atoms with van der Waals surface area (Å²) in [6, 6.07) is 5.29. The molecule has 0 amide bonds. The Hall–Kier alpha value is -2.30. The van der Waals surface area contributed by atoms with E-state index in [4.69, 9.17) is 9.84 Å². The number of aromatic nitrogens is 1. The monoisotopic (exact) mass is 260 g/mol. The van der Waals surface area contributed by atoms with Crippen LogP contribution in [0.25, 0.3) is 10.9 Å². The molecule has 0 bridgehead atoms. The molecule has 0 aliphatic rings. The van der Waals surface area contributed by atoms with Crippen LogP contribution in [0.3, 0.4) is 0 Å². The van der Waals surface area contributed by atoms with E-state index in [0.29, 0.717) is 5.52 Å². The van der Waals surface area contributed by atoms with Gasteiger partial charge in [0.2, 0.25) is 0 Å². The van der Waals surface area contributed by atoms with Crippen LogP contribution in [0.15, 0.2) is 18.2 Å². The molecule has 0 fully saturated rings. The summed E-state index contributed by atoms with van der Waals surface area (Å²) in [4.78, 5) is 17.2. The highest BCUT2D eigenvalue weighted by Gasteiger charge is 2.14. The normalized spacial score (nSPS) is 10.5. The van der Waals surface area contributed by atoms with Gasteiger partial charge >= 0.3 is 5.97 Å². The molecule has 0 spiro atoms. The van der Waals surface area contributed by atoms with Crippen molar-refractivity contribution in [2.24, 2.45) is 0 Å². The van der Waals surface area contributed by atoms with Crippen molar-refractivity contribution >= 4 is 22.6 Å². The standard InChI is InChI=1S/C14H16N2O3/c1-8-5-9(19-4)6-10-12(16(2)3)7-11(14(17)18)15-13(8)10/h5-7H,1-4H3,(H,17,18). The largest absolute Gasteiger partial charge is 0.497 e. The Labute approximate surface area is 111 Å². The second kappa shape index (κ2) is 4.76. The SMILES string of the molecule is COc1cc(C)c2nc(C(=O)O)cc(N(C)C)c2c1. The van der Waals surface area contributed by atoms with E-state index < -0.39 is 5.97 Å². The van der Waals surface area contributed by atoms with Crippen LogP contribution in [0.5, 0.6) is 5.75 Å². The lowest BCUT2D eigenvalue weighted by Gasteiger charge is -2.17. The fraction of sp³-hybridized carbons (Fsp3) is 0.286. The second-order valence-corrected chi connectivity index (χ2v) is 4.57. The number of nitrogens with zero attached hydrogens (tertiary/aromatic N) is 2. The summed E-state index contributed by atoms with van der Waals surface area (Å²) in [6.07, 6.45) is 0. The van der Waals surface area contributed by atoms with Crippen LogP contribution in [0.2, 0.25) is 0 Å². The highest BCUT2D eigenvalue weighted by Crippen LogP contribution is 2.31. The van der Waals surface area contributed by atoms with E-state index in [9.17, 15) is 4.79 Å². The van der Waals surface area contributed by atoms with Crippen molar-refractivity contribution in [1.29, 1.82) is 0 Å². The van der Waals surface area contributed by atoms with Crippen molar-refractivity contribution in [3.05, 3.63) is 29.5 Å². The first-order valence-corrected chi connectivity index (χ1v) is 5.84. The summed E-state index contributed by atoms with van der Waals surface area (Å²) in [5, 5.41) is 10.0. The van der Waals surface area contributed by atoms with Gasteiger partial charge in [0.15, 0.2) is 5.69 Å². The van der Waals surface area contributed by atoms with Crippen LogP contribution >= 0.6 is 0 Å². The van der Waals surface area contributed by atoms with Gasteiger partial charge in [-0.15, -0.1) is 0 Å². The minimum absolute atomic E-state index is 0.0458. The molecule has 0 saturated carbocycles. The first-order chi connectivity index (χ1) is 8.93. The predicted octanol–water partition coefficient (Wildman–Crippen LogP) is 2.32. The van der Waals surface area contributed by atoms with Crippen LogP contribution in [-0.2, 0) is 0 Å². The number of carbonyl (C=O) groups is 1. The topological polar surface area (TPSA) is 62.7 Å². The molecule has 2 rings (SSSR count). The number of aryl methyl sites for hydroxylation is 1. The lowest BCUT2D eigenvalue weighted by Crippen LogP contribution is -2.12. The molecule has 0 radical (unpaired) electrons. The van der Waals surface area contributed by atoms with E-state index in [2.05, 4.69) is 4.98 Å². The molecule has 0 saturated heterocycles. The van der Waals surface area contributed by atoms with Crippen LogP contribution in [0, 0.1) is 6.92 Å². The fourth-order valence-corrected chi connectivity index (χ4v) is 2.05. The van der Waals surface area contributed by atoms with Gasteiger partial charge in [-0.2, -0.15) is 0 Å². The molecule has 2 aromatic rings. The summed E-state index contributed by atoms with van der Waals surface area (Å²) >= 11 is 0. The van der Waals surface area contributed by atoms with E-state index in [1.165, 1.54) is 0 Å². The number of anilines is 1. The maximum absolute atomic E-state index is 11.1. The molecule has 0 aliphatic carbocycles. The lowest BCUT2D eigenvalue weighted by atomic mass is 10.1. The molecule has 1 aromatic heterocycles. The molecule has 1 heterocycles. The average Bonchev–Trinajstić information content (AvgIpc) is 2.37. The number of hydrogen-bond donors (Lipinski definition) is 1. The molecule has 19 heavy (non-hydrogen) atoms. The van der Waals surface area contributed by atoms with Gasteiger partial charge in [0.25, 0.3) is 0 Å². The Kier molecular flexibility index (Phi) is 3.29. The second-order valence-electron chi connectivity index (χ2n) is 4.57. The minimum atomic E-state index is -1.03. The third-order valence-electron chi connectivity index (χ3n) is 2.99. The van der Waals surface area contributed by atoms with E-state index in [0.717, 1.165) is 22.4 Å². The summed E-state index contributed by atoms with van der Waals surface area (Å²) < 4.78 is 5.25. The summed E-state index contributed by atoms with van der Waals surface area (Å²) in [7, 11) is 5.35. The first kappa shape index (κ1) is 13.1. The molecular weight excluding hydrogens is 244 g/mol. The zero-order chi connectivity index (χ0) is 14.2. The van der Waals surface area contributed by atoms with Crippen LogP contribution in [0.1, 0.15) is 16.1 Å². The van der Waals surface area contributed by atoms with Gasteiger partial charge in [0.05, 0.1) is 12.6 Å². The molecule has 0 atom stereocenters. The average molecular weight is 260 g/mol. The number of ether oxygens (including phenoxy) is 1. The molecule has 1 N–H and O–H groups in total. The molecule has 5 heteroatoms. The van der Waals surface area contributed by atoms with Crippen LogP contribution in [-0.4, -0.2) is 37.3 Å². The maximum Gasteiger partial charge on any atom is 0.354 e. The minimum Gasteiger partial charge on any atom is -0.497 e. The van der Waals surface area contributed by atoms with Gasteiger partial charge in [-0.25, -0.2) is 9.78 Å². The fourth-order valence-electron chi connectivity index (χ4n) is 2.05. The number of benzene rings is 1. The Balaban J connectivity index is 2.86. The van der Waals surface area contributed by atoms with Crippen molar-refractivity contribution < 1.29 is 14.6 Å². The highest BCUT2D eigenvalue weighted by molar-refractivity contribution is 5.99. The number of carboxylic acids is 1. The highest BCUT2D eigenvalue weighted by atomic mass is 16.5. The molecule has 1 aromatic carbocycles. The Morgan fingerprint density at radius 2 is 2.00 bits per heavy atom. The molecular formula is C14H16N2O3. The molecule has 0 unspecified atom stereocenters. The summed E-state index contributed by atoms with van der Waals surface area (Å²) in [6.45, 7) is 1.89. The molecule has 5 nitrogen and oxygen atoms in total. The number of hydrogen-bond acceptors (Lipinski definition) is 4. The van der Waals surface area contributed by atoms with Crippen molar-refractivity contribution in [2.75, 3.05) is 26.1 Å². The van der Waals surface area contributed by atoms with Gasteiger partial charge in [-0.3, -0.25) is 0 Å². The number of rotatable bonds is 3. The van der Waals surface area contributed by atoms with E-state index in [1.54, 1.807) is 13.2 Å². The van der Waals surface area contributed by atoms with Crippen LogP contribution in [0.4, 0.5) is 5.69 Å². The lowest BCUT2D eigenvalue weighted by molar-refractivity contribution is 0.0691. The third kappa shape index (κ3) is 2.31. The Morgan fingerprint density at radius 1 is 1.32 bits per heavy atom. The van der Waals surface area contributed by atoms with Crippen LogP contribution < -0.4 is 9.64 Å². The van der Waals surface area contributed by atoms with Gasteiger partial charge in [0, 0.05) is 25.2 Å². The smallest absolute Gasteiger partial charge is 0.354 e. The number of aromatic carboxylic acids is 1. The first-order valence-electron chi connectivity index (χ1n) is 5.84. The van der Waals surface area contributed by atoms with E-state index in [1.807, 2.05) is 38.1 Å².